The first-order chi connectivity index (χ1) is 13.5. The number of hydrogen-bond acceptors (Lipinski definition) is 3. The highest BCUT2D eigenvalue weighted by Gasteiger charge is 2.41. The molecule has 0 aliphatic carbocycles. The van der Waals surface area contributed by atoms with E-state index in [-0.39, 0.29) is 5.75 Å². The van der Waals surface area contributed by atoms with Gasteiger partial charge in [0.1, 0.15) is 11.6 Å². The molecule has 1 N–H and O–H groups in total. The lowest BCUT2D eigenvalue weighted by atomic mass is 10.0. The molecule has 2 aromatic rings. The van der Waals surface area contributed by atoms with E-state index in [1.807, 2.05) is 44.9 Å². The number of nitrogens with one attached hydrogen (secondary N) is 1. The molecule has 29 heavy (non-hydrogen) atoms. The molecule has 0 aliphatic heterocycles. The van der Waals surface area contributed by atoms with Gasteiger partial charge in [0.15, 0.2) is 6.61 Å². The molecule has 158 valence electrons. The number of nitrogens with zero attached hydrogens (tertiary/aromatic N) is 1. The van der Waals surface area contributed by atoms with Crippen LogP contribution >= 0.6 is 11.8 Å². The van der Waals surface area contributed by atoms with E-state index in [1.165, 1.54) is 17.8 Å². The van der Waals surface area contributed by atoms with Crippen LogP contribution in [-0.2, 0) is 0 Å². The first-order valence-electron chi connectivity index (χ1n) is 9.03. The van der Waals surface area contributed by atoms with Gasteiger partial charge in [0.2, 0.25) is 0 Å². The molecule has 0 amide bonds. The molecule has 0 saturated carbocycles. The van der Waals surface area contributed by atoms with Crippen molar-refractivity contribution < 1.29 is 22.3 Å². The van der Waals surface area contributed by atoms with Gasteiger partial charge in [-0.1, -0.05) is 17.8 Å². The quantitative estimate of drug-likeness (QED) is 0.318. The van der Waals surface area contributed by atoms with Crippen LogP contribution in [0.3, 0.4) is 0 Å². The van der Waals surface area contributed by atoms with E-state index < -0.39 is 19.0 Å². The molecule has 2 rings (SSSR count). The van der Waals surface area contributed by atoms with Crippen LogP contribution in [0.5, 0.6) is 5.75 Å². The summed E-state index contributed by atoms with van der Waals surface area (Å²) in [6, 6.07) is 10.3. The molecule has 2 aromatic carbocycles. The summed E-state index contributed by atoms with van der Waals surface area (Å²) in [7, 11) is 1.86. The SMILES string of the molecule is CCN(C)C(=N)c1cc(C)c(Sc2cccc(OCC(F)(F)C(F)F)c2)cc1C. The van der Waals surface area contributed by atoms with Gasteiger partial charge in [-0.15, -0.1) is 0 Å². The van der Waals surface area contributed by atoms with E-state index in [9.17, 15) is 17.6 Å². The second kappa shape index (κ2) is 9.52. The van der Waals surface area contributed by atoms with Crippen molar-refractivity contribution in [3.8, 4) is 5.75 Å². The Morgan fingerprint density at radius 3 is 2.48 bits per heavy atom. The molecule has 3 nitrogen and oxygen atoms in total. The number of rotatable bonds is 8. The molecule has 0 heterocycles. The number of halogens is 4. The zero-order chi connectivity index (χ0) is 21.8. The summed E-state index contributed by atoms with van der Waals surface area (Å²) >= 11 is 1.42. The summed E-state index contributed by atoms with van der Waals surface area (Å²) in [6.07, 6.45) is -3.77. The molecular formula is C21H24F4N2OS. The first kappa shape index (κ1) is 23.1. The number of hydrogen-bond donors (Lipinski definition) is 1. The van der Waals surface area contributed by atoms with Crippen LogP contribution < -0.4 is 4.74 Å². The minimum Gasteiger partial charge on any atom is -0.487 e. The lowest BCUT2D eigenvalue weighted by Gasteiger charge is -2.20. The molecule has 0 aromatic heterocycles. The van der Waals surface area contributed by atoms with Crippen LogP contribution in [0.25, 0.3) is 0 Å². The zero-order valence-corrected chi connectivity index (χ0v) is 17.5. The maximum absolute atomic E-state index is 13.1. The summed E-state index contributed by atoms with van der Waals surface area (Å²) in [5, 5.41) is 8.31. The second-order valence-corrected chi connectivity index (χ2v) is 7.84. The monoisotopic (exact) mass is 428 g/mol. The Morgan fingerprint density at radius 1 is 1.17 bits per heavy atom. The Balaban J connectivity index is 2.18. The normalized spacial score (nSPS) is 11.6. The molecule has 0 spiro atoms. The number of amidine groups is 1. The van der Waals surface area contributed by atoms with E-state index in [2.05, 4.69) is 0 Å². The van der Waals surface area contributed by atoms with Crippen molar-refractivity contribution in [1.82, 2.24) is 4.90 Å². The summed E-state index contributed by atoms with van der Waals surface area (Å²) < 4.78 is 55.5. The summed E-state index contributed by atoms with van der Waals surface area (Å²) in [4.78, 5) is 3.54. The first-order valence-corrected chi connectivity index (χ1v) is 9.84. The molecule has 0 aliphatic rings. The molecule has 0 fully saturated rings. The lowest BCUT2D eigenvalue weighted by molar-refractivity contribution is -0.148. The van der Waals surface area contributed by atoms with Crippen LogP contribution in [0.4, 0.5) is 17.6 Å². The fourth-order valence-electron chi connectivity index (χ4n) is 2.52. The maximum Gasteiger partial charge on any atom is 0.340 e. The predicted octanol–water partition coefficient (Wildman–Crippen LogP) is 6.01. The molecule has 8 heteroatoms. The van der Waals surface area contributed by atoms with E-state index >= 15 is 0 Å². The van der Waals surface area contributed by atoms with E-state index in [4.69, 9.17) is 10.1 Å². The molecule has 0 bridgehead atoms. The topological polar surface area (TPSA) is 36.3 Å². The highest BCUT2D eigenvalue weighted by atomic mass is 32.2. The molecule has 0 saturated heterocycles. The van der Waals surface area contributed by atoms with Crippen molar-refractivity contribution in [2.45, 2.75) is 42.9 Å². The minimum atomic E-state index is -4.19. The largest absolute Gasteiger partial charge is 0.487 e. The fraction of sp³-hybridized carbons (Fsp3) is 0.381. The van der Waals surface area contributed by atoms with Crippen LogP contribution in [0.1, 0.15) is 23.6 Å². The van der Waals surface area contributed by atoms with Gasteiger partial charge in [0.25, 0.3) is 0 Å². The van der Waals surface area contributed by atoms with Gasteiger partial charge in [-0.2, -0.15) is 8.78 Å². The predicted molar refractivity (Wildman–Crippen MR) is 108 cm³/mol. The third-order valence-electron chi connectivity index (χ3n) is 4.42. The third-order valence-corrected chi connectivity index (χ3v) is 5.57. The van der Waals surface area contributed by atoms with Crippen molar-refractivity contribution in [3.05, 3.63) is 53.1 Å². The van der Waals surface area contributed by atoms with Crippen molar-refractivity contribution in [1.29, 1.82) is 5.41 Å². The van der Waals surface area contributed by atoms with Gasteiger partial charge in [0, 0.05) is 28.9 Å². The van der Waals surface area contributed by atoms with Gasteiger partial charge < -0.3 is 9.64 Å². The Bertz CT molecular complexity index is 874. The van der Waals surface area contributed by atoms with Gasteiger partial charge in [-0.3, -0.25) is 5.41 Å². The standard InChI is InChI=1S/C21H24F4N2OS/c1-5-27(4)19(26)17-9-14(3)18(10-13(17)2)29-16-8-6-7-15(11-16)28-12-21(24,25)20(22)23/h6-11,20,26H,5,12H2,1-4H3. The minimum absolute atomic E-state index is 0.104. The van der Waals surface area contributed by atoms with E-state index in [0.29, 0.717) is 5.84 Å². The van der Waals surface area contributed by atoms with Gasteiger partial charge in [-0.25, -0.2) is 8.78 Å². The third kappa shape index (κ3) is 5.88. The molecular weight excluding hydrogens is 404 g/mol. The number of alkyl halides is 4. The number of ether oxygens (including phenoxy) is 1. The van der Waals surface area contributed by atoms with Crippen LogP contribution in [0.15, 0.2) is 46.2 Å². The van der Waals surface area contributed by atoms with Crippen molar-refractivity contribution in [2.24, 2.45) is 0 Å². The van der Waals surface area contributed by atoms with Gasteiger partial charge >= 0.3 is 12.3 Å². The number of aryl methyl sites for hydroxylation is 2. The Labute approximate surface area is 172 Å². The second-order valence-electron chi connectivity index (χ2n) is 6.72. The van der Waals surface area contributed by atoms with Crippen LogP contribution in [0, 0.1) is 19.3 Å². The fourth-order valence-corrected chi connectivity index (χ4v) is 3.55. The maximum atomic E-state index is 13.1. The van der Waals surface area contributed by atoms with Gasteiger partial charge in [-0.05, 0) is 62.2 Å². The Hall–Kier alpha value is -2.22. The van der Waals surface area contributed by atoms with Crippen molar-refractivity contribution in [2.75, 3.05) is 20.2 Å². The van der Waals surface area contributed by atoms with E-state index in [0.717, 1.165) is 33.0 Å². The lowest BCUT2D eigenvalue weighted by Crippen LogP contribution is -2.33. The summed E-state index contributed by atoms with van der Waals surface area (Å²) in [5.41, 5.74) is 2.77. The average Bonchev–Trinajstić information content (AvgIpc) is 2.68. The van der Waals surface area contributed by atoms with Crippen molar-refractivity contribution in [3.63, 3.8) is 0 Å². The van der Waals surface area contributed by atoms with E-state index in [1.54, 1.807) is 18.2 Å². The summed E-state index contributed by atoms with van der Waals surface area (Å²) in [5.74, 6) is -3.64. The zero-order valence-electron chi connectivity index (χ0n) is 16.7. The molecule has 0 atom stereocenters. The highest BCUT2D eigenvalue weighted by molar-refractivity contribution is 7.99. The Kier molecular flexibility index (Phi) is 7.57. The molecule has 0 unspecified atom stereocenters. The van der Waals surface area contributed by atoms with Crippen molar-refractivity contribution >= 4 is 17.6 Å². The van der Waals surface area contributed by atoms with Gasteiger partial charge in [0.05, 0.1) is 0 Å². The number of benzene rings is 2. The van der Waals surface area contributed by atoms with Crippen LogP contribution in [0.2, 0.25) is 0 Å². The summed E-state index contributed by atoms with van der Waals surface area (Å²) in [6.45, 7) is 5.20. The smallest absolute Gasteiger partial charge is 0.340 e. The Morgan fingerprint density at radius 2 is 1.86 bits per heavy atom. The highest BCUT2D eigenvalue weighted by Crippen LogP contribution is 2.34. The average molecular weight is 428 g/mol. The molecule has 0 radical (unpaired) electrons. The van der Waals surface area contributed by atoms with Crippen LogP contribution in [-0.4, -0.2) is 43.3 Å².